The van der Waals surface area contributed by atoms with Crippen LogP contribution in [0, 0.1) is 5.92 Å². The molecule has 2 saturated heterocycles. The molecule has 0 unspecified atom stereocenters. The first-order chi connectivity index (χ1) is 9.25. The Hall–Kier alpha value is -0.570. The van der Waals surface area contributed by atoms with E-state index in [1.807, 2.05) is 0 Å². The molecule has 3 rings (SSSR count). The predicted octanol–water partition coefficient (Wildman–Crippen LogP) is 3.13. The van der Waals surface area contributed by atoms with Crippen molar-refractivity contribution in [3.05, 3.63) is 0 Å². The van der Waals surface area contributed by atoms with Crippen LogP contribution in [0.15, 0.2) is 0 Å². The molecule has 2 aliphatic heterocycles. The van der Waals surface area contributed by atoms with Crippen molar-refractivity contribution in [1.82, 2.24) is 4.90 Å². The fourth-order valence-corrected chi connectivity index (χ4v) is 4.42. The summed E-state index contributed by atoms with van der Waals surface area (Å²) in [7, 11) is 0. The zero-order valence-corrected chi connectivity index (χ0v) is 12.1. The molecule has 0 aromatic carbocycles. The number of carbonyl (C=O) groups excluding carboxylic acids is 1. The van der Waals surface area contributed by atoms with Crippen LogP contribution in [0.25, 0.3) is 0 Å². The summed E-state index contributed by atoms with van der Waals surface area (Å²) in [5, 5.41) is 0. The SMILES string of the molecule is C[C@@H]1C[C@@H]2CCCC[C@@H]2N1C(=O)CC[C@@H]1CCCO1. The van der Waals surface area contributed by atoms with E-state index in [0.717, 1.165) is 25.4 Å². The van der Waals surface area contributed by atoms with Crippen molar-refractivity contribution in [3.63, 3.8) is 0 Å². The van der Waals surface area contributed by atoms with Crippen LogP contribution in [-0.4, -0.2) is 35.6 Å². The van der Waals surface area contributed by atoms with Crippen LogP contribution in [-0.2, 0) is 9.53 Å². The summed E-state index contributed by atoms with van der Waals surface area (Å²) in [6.07, 6.45) is 10.8. The summed E-state index contributed by atoms with van der Waals surface area (Å²) in [4.78, 5) is 14.8. The number of likely N-dealkylation sites (tertiary alicyclic amines) is 1. The largest absolute Gasteiger partial charge is 0.378 e. The first kappa shape index (κ1) is 13.4. The third-order valence-electron chi connectivity index (χ3n) is 5.34. The quantitative estimate of drug-likeness (QED) is 0.784. The molecule has 3 fully saturated rings. The minimum atomic E-state index is 0.351. The molecule has 1 aliphatic carbocycles. The van der Waals surface area contributed by atoms with Crippen molar-refractivity contribution >= 4 is 5.91 Å². The number of rotatable bonds is 3. The monoisotopic (exact) mass is 265 g/mol. The molecular formula is C16H27NO2. The van der Waals surface area contributed by atoms with Crippen LogP contribution in [0.2, 0.25) is 0 Å². The smallest absolute Gasteiger partial charge is 0.223 e. The lowest BCUT2D eigenvalue weighted by Crippen LogP contribution is -2.42. The van der Waals surface area contributed by atoms with Crippen molar-refractivity contribution in [2.75, 3.05) is 6.61 Å². The van der Waals surface area contributed by atoms with Gasteiger partial charge in [-0.3, -0.25) is 4.79 Å². The van der Waals surface area contributed by atoms with Gasteiger partial charge in [0.2, 0.25) is 5.91 Å². The number of hydrogen-bond donors (Lipinski definition) is 0. The van der Waals surface area contributed by atoms with E-state index in [1.54, 1.807) is 0 Å². The maximum atomic E-state index is 12.5. The van der Waals surface area contributed by atoms with E-state index < -0.39 is 0 Å². The topological polar surface area (TPSA) is 29.5 Å². The lowest BCUT2D eigenvalue weighted by atomic mass is 9.85. The minimum Gasteiger partial charge on any atom is -0.378 e. The van der Waals surface area contributed by atoms with E-state index in [4.69, 9.17) is 4.74 Å². The first-order valence-corrected chi connectivity index (χ1v) is 8.18. The fraction of sp³-hybridized carbons (Fsp3) is 0.938. The van der Waals surface area contributed by atoms with Gasteiger partial charge in [-0.2, -0.15) is 0 Å². The highest BCUT2D eigenvalue weighted by Crippen LogP contribution is 2.40. The Labute approximate surface area is 116 Å². The minimum absolute atomic E-state index is 0.351. The van der Waals surface area contributed by atoms with Gasteiger partial charge in [0.05, 0.1) is 6.10 Å². The molecule has 0 N–H and O–H groups in total. The van der Waals surface area contributed by atoms with Gasteiger partial charge in [0.15, 0.2) is 0 Å². The molecule has 1 saturated carbocycles. The number of amides is 1. The van der Waals surface area contributed by atoms with E-state index in [2.05, 4.69) is 11.8 Å². The Morgan fingerprint density at radius 1 is 1.21 bits per heavy atom. The van der Waals surface area contributed by atoms with E-state index >= 15 is 0 Å². The maximum Gasteiger partial charge on any atom is 0.223 e. The average Bonchev–Trinajstić information content (AvgIpc) is 3.02. The predicted molar refractivity (Wildman–Crippen MR) is 74.9 cm³/mol. The molecule has 108 valence electrons. The van der Waals surface area contributed by atoms with Crippen LogP contribution in [0.4, 0.5) is 0 Å². The molecule has 4 atom stereocenters. The average molecular weight is 265 g/mol. The third kappa shape index (κ3) is 2.81. The molecule has 3 nitrogen and oxygen atoms in total. The molecule has 0 aromatic rings. The van der Waals surface area contributed by atoms with Crippen molar-refractivity contribution in [3.8, 4) is 0 Å². The van der Waals surface area contributed by atoms with Crippen LogP contribution in [0.5, 0.6) is 0 Å². The second-order valence-electron chi connectivity index (χ2n) is 6.67. The van der Waals surface area contributed by atoms with Gasteiger partial charge in [0.1, 0.15) is 0 Å². The summed E-state index contributed by atoms with van der Waals surface area (Å²) in [6, 6.07) is 1.02. The van der Waals surface area contributed by atoms with Gasteiger partial charge < -0.3 is 9.64 Å². The van der Waals surface area contributed by atoms with E-state index in [9.17, 15) is 4.79 Å². The molecule has 3 heteroatoms. The lowest BCUT2D eigenvalue weighted by Gasteiger charge is -2.33. The van der Waals surface area contributed by atoms with Gasteiger partial charge in [-0.1, -0.05) is 12.8 Å². The van der Waals surface area contributed by atoms with E-state index in [0.29, 0.717) is 30.5 Å². The van der Waals surface area contributed by atoms with Gasteiger partial charge in [-0.05, 0) is 51.4 Å². The van der Waals surface area contributed by atoms with Crippen molar-refractivity contribution in [2.45, 2.75) is 82.9 Å². The Kier molecular flexibility index (Phi) is 4.11. The highest BCUT2D eigenvalue weighted by atomic mass is 16.5. The summed E-state index contributed by atoms with van der Waals surface area (Å²) >= 11 is 0. The second kappa shape index (κ2) is 5.82. The Balaban J connectivity index is 1.55. The molecule has 0 aromatic heterocycles. The fourth-order valence-electron chi connectivity index (χ4n) is 4.42. The Morgan fingerprint density at radius 3 is 2.84 bits per heavy atom. The molecule has 2 heterocycles. The first-order valence-electron chi connectivity index (χ1n) is 8.18. The number of hydrogen-bond acceptors (Lipinski definition) is 2. The van der Waals surface area contributed by atoms with E-state index in [-0.39, 0.29) is 0 Å². The molecule has 0 spiro atoms. The summed E-state index contributed by atoms with van der Waals surface area (Å²) < 4.78 is 5.63. The third-order valence-corrected chi connectivity index (χ3v) is 5.34. The van der Waals surface area contributed by atoms with Crippen LogP contribution >= 0.6 is 0 Å². The van der Waals surface area contributed by atoms with Crippen molar-refractivity contribution in [2.24, 2.45) is 5.92 Å². The zero-order chi connectivity index (χ0) is 13.2. The van der Waals surface area contributed by atoms with Crippen molar-refractivity contribution < 1.29 is 9.53 Å². The molecule has 0 radical (unpaired) electrons. The Bertz CT molecular complexity index is 325. The number of fused-ring (bicyclic) bond motifs is 1. The van der Waals surface area contributed by atoms with E-state index in [1.165, 1.54) is 38.5 Å². The van der Waals surface area contributed by atoms with Crippen LogP contribution in [0.1, 0.15) is 64.7 Å². The summed E-state index contributed by atoms with van der Waals surface area (Å²) in [5.41, 5.74) is 0. The highest BCUT2D eigenvalue weighted by molar-refractivity contribution is 5.77. The van der Waals surface area contributed by atoms with Gasteiger partial charge >= 0.3 is 0 Å². The summed E-state index contributed by atoms with van der Waals surface area (Å²) in [5.74, 6) is 1.17. The second-order valence-corrected chi connectivity index (χ2v) is 6.67. The highest BCUT2D eigenvalue weighted by Gasteiger charge is 2.42. The van der Waals surface area contributed by atoms with Crippen LogP contribution in [0.3, 0.4) is 0 Å². The number of nitrogens with zero attached hydrogens (tertiary/aromatic N) is 1. The number of carbonyl (C=O) groups is 1. The zero-order valence-electron chi connectivity index (χ0n) is 12.1. The Morgan fingerprint density at radius 2 is 2.05 bits per heavy atom. The number of ether oxygens (including phenoxy) is 1. The van der Waals surface area contributed by atoms with Gasteiger partial charge in [0.25, 0.3) is 0 Å². The summed E-state index contributed by atoms with van der Waals surface area (Å²) in [6.45, 7) is 3.13. The standard InChI is InChI=1S/C16H27NO2/c1-12-11-13-5-2-3-7-15(13)17(12)16(18)9-8-14-6-4-10-19-14/h12-15H,2-11H2,1H3/t12-,13+,14+,15+/m1/s1. The molecule has 1 amide bonds. The normalized spacial score (nSPS) is 38.5. The molecule has 3 aliphatic rings. The van der Waals surface area contributed by atoms with Crippen molar-refractivity contribution in [1.29, 1.82) is 0 Å². The molecule has 19 heavy (non-hydrogen) atoms. The molecule has 0 bridgehead atoms. The van der Waals surface area contributed by atoms with Gasteiger partial charge in [-0.25, -0.2) is 0 Å². The van der Waals surface area contributed by atoms with Gasteiger partial charge in [0, 0.05) is 25.1 Å². The van der Waals surface area contributed by atoms with Crippen LogP contribution < -0.4 is 0 Å². The van der Waals surface area contributed by atoms with Gasteiger partial charge in [-0.15, -0.1) is 0 Å². The lowest BCUT2D eigenvalue weighted by molar-refractivity contribution is -0.135. The maximum absolute atomic E-state index is 12.5. The molecular weight excluding hydrogens is 238 g/mol.